The highest BCUT2D eigenvalue weighted by atomic mass is 35.5. The third-order valence-electron chi connectivity index (χ3n) is 4.17. The fourth-order valence-electron chi connectivity index (χ4n) is 2.73. The number of rotatable bonds is 3. The molecule has 1 aliphatic heterocycles. The lowest BCUT2D eigenvalue weighted by molar-refractivity contribution is -0.121. The summed E-state index contributed by atoms with van der Waals surface area (Å²) < 4.78 is 0. The first-order valence-electron chi connectivity index (χ1n) is 7.43. The lowest BCUT2D eigenvalue weighted by atomic mass is 10.1. The number of carbonyl (C=O) groups is 2. The molecule has 118 valence electrons. The van der Waals surface area contributed by atoms with Crippen LogP contribution < -0.4 is 10.2 Å². The number of anilines is 2. The molecule has 1 saturated heterocycles. The Morgan fingerprint density at radius 3 is 2.57 bits per heavy atom. The van der Waals surface area contributed by atoms with Gasteiger partial charge in [-0.05, 0) is 43.2 Å². The minimum atomic E-state index is -0.570. The van der Waals surface area contributed by atoms with Gasteiger partial charge in [-0.25, -0.2) is 4.90 Å². The molecule has 0 aliphatic carbocycles. The van der Waals surface area contributed by atoms with E-state index in [0.29, 0.717) is 10.7 Å². The van der Waals surface area contributed by atoms with E-state index < -0.39 is 6.04 Å². The molecular formula is C18H17ClN2O2. The SMILES string of the molecule is Cc1cccc(NC2CC(=O)N(c3ccccc3Cl)C2=O)c1C. The van der Waals surface area contributed by atoms with Crippen molar-refractivity contribution in [3.8, 4) is 0 Å². The average molecular weight is 329 g/mol. The van der Waals surface area contributed by atoms with Gasteiger partial charge in [0.05, 0.1) is 17.1 Å². The van der Waals surface area contributed by atoms with Crippen molar-refractivity contribution < 1.29 is 9.59 Å². The van der Waals surface area contributed by atoms with Crippen LogP contribution in [0.2, 0.25) is 5.02 Å². The standard InChI is InChI=1S/C18H17ClN2O2/c1-11-6-5-8-14(12(11)2)20-15-10-17(22)21(18(15)23)16-9-4-3-7-13(16)19/h3-9,15,20H,10H2,1-2H3. The lowest BCUT2D eigenvalue weighted by Crippen LogP contribution is -2.35. The topological polar surface area (TPSA) is 49.4 Å². The van der Waals surface area contributed by atoms with Gasteiger partial charge in [0.2, 0.25) is 5.91 Å². The van der Waals surface area contributed by atoms with Crippen LogP contribution >= 0.6 is 11.6 Å². The highest BCUT2D eigenvalue weighted by Gasteiger charge is 2.40. The first kappa shape index (κ1) is 15.6. The molecule has 2 amide bonds. The zero-order valence-electron chi connectivity index (χ0n) is 13.0. The molecule has 23 heavy (non-hydrogen) atoms. The predicted octanol–water partition coefficient (Wildman–Crippen LogP) is 3.70. The van der Waals surface area contributed by atoms with E-state index in [1.165, 1.54) is 4.90 Å². The molecule has 4 nitrogen and oxygen atoms in total. The minimum absolute atomic E-state index is 0.122. The van der Waals surface area contributed by atoms with E-state index in [4.69, 9.17) is 11.6 Å². The monoisotopic (exact) mass is 328 g/mol. The molecule has 2 aromatic rings. The van der Waals surface area contributed by atoms with Gasteiger partial charge in [-0.3, -0.25) is 9.59 Å². The summed E-state index contributed by atoms with van der Waals surface area (Å²) in [5.41, 5.74) is 3.52. The number of para-hydroxylation sites is 1. The van der Waals surface area contributed by atoms with Crippen molar-refractivity contribution in [3.63, 3.8) is 0 Å². The number of nitrogens with zero attached hydrogens (tertiary/aromatic N) is 1. The van der Waals surface area contributed by atoms with Crippen LogP contribution in [0.25, 0.3) is 0 Å². The van der Waals surface area contributed by atoms with Gasteiger partial charge < -0.3 is 5.32 Å². The fraction of sp³-hybridized carbons (Fsp3) is 0.222. The van der Waals surface area contributed by atoms with Crippen LogP contribution in [0, 0.1) is 13.8 Å². The van der Waals surface area contributed by atoms with E-state index in [1.807, 2.05) is 32.0 Å². The van der Waals surface area contributed by atoms with E-state index in [-0.39, 0.29) is 18.2 Å². The molecule has 0 spiro atoms. The number of nitrogens with one attached hydrogen (secondary N) is 1. The van der Waals surface area contributed by atoms with Gasteiger partial charge >= 0.3 is 0 Å². The molecule has 1 N–H and O–H groups in total. The van der Waals surface area contributed by atoms with Crippen molar-refractivity contribution in [2.75, 3.05) is 10.2 Å². The van der Waals surface area contributed by atoms with Crippen molar-refractivity contribution >= 4 is 34.8 Å². The van der Waals surface area contributed by atoms with Gasteiger partial charge in [-0.2, -0.15) is 0 Å². The molecule has 0 aromatic heterocycles. The van der Waals surface area contributed by atoms with Crippen molar-refractivity contribution in [1.82, 2.24) is 0 Å². The molecule has 1 unspecified atom stereocenters. The van der Waals surface area contributed by atoms with Crippen molar-refractivity contribution in [3.05, 3.63) is 58.6 Å². The second-order valence-corrected chi connectivity index (χ2v) is 6.07. The maximum absolute atomic E-state index is 12.7. The zero-order chi connectivity index (χ0) is 16.6. The van der Waals surface area contributed by atoms with Gasteiger partial charge in [0.15, 0.2) is 0 Å². The fourth-order valence-corrected chi connectivity index (χ4v) is 2.95. The van der Waals surface area contributed by atoms with Gasteiger partial charge in [0.25, 0.3) is 5.91 Å². The normalized spacial score (nSPS) is 17.7. The summed E-state index contributed by atoms with van der Waals surface area (Å²) in [6.45, 7) is 4.00. The van der Waals surface area contributed by atoms with Crippen LogP contribution in [0.1, 0.15) is 17.5 Å². The van der Waals surface area contributed by atoms with Gasteiger partial charge in [-0.15, -0.1) is 0 Å². The summed E-state index contributed by atoms with van der Waals surface area (Å²) in [4.78, 5) is 26.1. The Morgan fingerprint density at radius 2 is 1.83 bits per heavy atom. The Labute approximate surface area is 140 Å². The van der Waals surface area contributed by atoms with Gasteiger partial charge in [0, 0.05) is 5.69 Å². The first-order chi connectivity index (χ1) is 11.0. The molecule has 3 rings (SSSR count). The van der Waals surface area contributed by atoms with E-state index in [1.54, 1.807) is 24.3 Å². The van der Waals surface area contributed by atoms with Crippen LogP contribution in [0.4, 0.5) is 11.4 Å². The Morgan fingerprint density at radius 1 is 1.09 bits per heavy atom. The summed E-state index contributed by atoms with van der Waals surface area (Å²) in [5.74, 6) is -0.519. The molecule has 1 atom stereocenters. The van der Waals surface area contributed by atoms with E-state index >= 15 is 0 Å². The first-order valence-corrected chi connectivity index (χ1v) is 7.81. The lowest BCUT2D eigenvalue weighted by Gasteiger charge is -2.18. The summed E-state index contributed by atoms with van der Waals surface area (Å²) in [6.07, 6.45) is 0.122. The van der Waals surface area contributed by atoms with Crippen LogP contribution in [0.3, 0.4) is 0 Å². The third-order valence-corrected chi connectivity index (χ3v) is 4.49. The smallest absolute Gasteiger partial charge is 0.256 e. The molecular weight excluding hydrogens is 312 g/mol. The average Bonchev–Trinajstić information content (AvgIpc) is 2.79. The third kappa shape index (κ3) is 2.82. The maximum Gasteiger partial charge on any atom is 0.256 e. The van der Waals surface area contributed by atoms with Crippen LogP contribution in [-0.2, 0) is 9.59 Å². The van der Waals surface area contributed by atoms with E-state index in [0.717, 1.165) is 16.8 Å². The molecule has 0 radical (unpaired) electrons. The van der Waals surface area contributed by atoms with Crippen molar-refractivity contribution in [1.29, 1.82) is 0 Å². The van der Waals surface area contributed by atoms with E-state index in [9.17, 15) is 9.59 Å². The number of hydrogen-bond donors (Lipinski definition) is 1. The van der Waals surface area contributed by atoms with Crippen molar-refractivity contribution in [2.45, 2.75) is 26.3 Å². The second kappa shape index (κ2) is 6.05. The maximum atomic E-state index is 12.7. The molecule has 1 aliphatic rings. The highest BCUT2D eigenvalue weighted by molar-refractivity contribution is 6.36. The zero-order valence-corrected chi connectivity index (χ0v) is 13.7. The number of imide groups is 1. The van der Waals surface area contributed by atoms with Crippen LogP contribution in [0.15, 0.2) is 42.5 Å². The second-order valence-electron chi connectivity index (χ2n) is 5.67. The van der Waals surface area contributed by atoms with Crippen LogP contribution in [0.5, 0.6) is 0 Å². The highest BCUT2D eigenvalue weighted by Crippen LogP contribution is 2.31. The van der Waals surface area contributed by atoms with Crippen molar-refractivity contribution in [2.24, 2.45) is 0 Å². The van der Waals surface area contributed by atoms with Crippen LogP contribution in [-0.4, -0.2) is 17.9 Å². The molecule has 1 fully saturated rings. The Hall–Kier alpha value is -2.33. The minimum Gasteiger partial charge on any atom is -0.373 e. The number of amides is 2. The van der Waals surface area contributed by atoms with Gasteiger partial charge in [0.1, 0.15) is 6.04 Å². The largest absolute Gasteiger partial charge is 0.373 e. The van der Waals surface area contributed by atoms with Gasteiger partial charge in [-0.1, -0.05) is 35.9 Å². The number of halogens is 1. The summed E-state index contributed by atoms with van der Waals surface area (Å²) in [7, 11) is 0. The molecule has 1 heterocycles. The Balaban J connectivity index is 1.87. The quantitative estimate of drug-likeness (QED) is 0.874. The summed E-state index contributed by atoms with van der Waals surface area (Å²) >= 11 is 6.12. The summed E-state index contributed by atoms with van der Waals surface area (Å²) in [5, 5.41) is 3.58. The predicted molar refractivity (Wildman–Crippen MR) is 91.9 cm³/mol. The number of aryl methyl sites for hydroxylation is 1. The Bertz CT molecular complexity index is 788. The number of hydrogen-bond acceptors (Lipinski definition) is 3. The summed E-state index contributed by atoms with van der Waals surface area (Å²) in [6, 6.07) is 12.2. The molecule has 5 heteroatoms. The molecule has 0 saturated carbocycles. The molecule has 2 aromatic carbocycles. The number of carbonyl (C=O) groups excluding carboxylic acids is 2. The molecule has 0 bridgehead atoms. The number of benzene rings is 2. The Kier molecular flexibility index (Phi) is 4.09. The van der Waals surface area contributed by atoms with E-state index in [2.05, 4.69) is 5.32 Å².